The van der Waals surface area contributed by atoms with Crippen LogP contribution in [0.1, 0.15) is 97.1 Å². The number of aliphatic imine (C=N–C) groups is 3. The number of carbonyl (C=O) groups excluding carboxylic acids is 8. The second kappa shape index (κ2) is 36.5. The maximum atomic E-state index is 14.4. The Bertz CT molecular complexity index is 2500. The molecule has 82 heavy (non-hydrogen) atoms. The van der Waals surface area contributed by atoms with Gasteiger partial charge < -0.3 is 92.9 Å². The van der Waals surface area contributed by atoms with Crippen molar-refractivity contribution in [2.24, 2.45) is 66.9 Å². The number of hydrogen-bond acceptors (Lipinski definition) is 14. The van der Waals surface area contributed by atoms with E-state index in [1.54, 1.807) is 70.2 Å². The molecule has 2 aromatic rings. The van der Waals surface area contributed by atoms with Crippen LogP contribution < -0.4 is 82.7 Å². The molecule has 0 aliphatic carbocycles. The van der Waals surface area contributed by atoms with Crippen LogP contribution >= 0.6 is 0 Å². The van der Waals surface area contributed by atoms with Gasteiger partial charge in [0, 0.05) is 26.1 Å². The highest BCUT2D eigenvalue weighted by molar-refractivity contribution is 5.97. The van der Waals surface area contributed by atoms with E-state index in [0.717, 1.165) is 0 Å². The number of nitrogens with one attached hydrogen (secondary N) is 8. The van der Waals surface area contributed by atoms with Gasteiger partial charge in [-0.1, -0.05) is 76.6 Å². The van der Waals surface area contributed by atoms with Crippen molar-refractivity contribution < 1.29 is 53.4 Å². The highest BCUT2D eigenvalue weighted by Gasteiger charge is 2.35. The predicted octanol–water partition coefficient (Wildman–Crippen LogP) is -3.63. The Hall–Kier alpha value is -8.76. The Morgan fingerprint density at radius 2 is 0.963 bits per heavy atom. The van der Waals surface area contributed by atoms with Crippen LogP contribution in [-0.4, -0.2) is 156 Å². The van der Waals surface area contributed by atoms with E-state index >= 15 is 0 Å². The van der Waals surface area contributed by atoms with Crippen LogP contribution in [0.5, 0.6) is 5.75 Å². The largest absolute Gasteiger partial charge is 0.508 e. The molecule has 24 N–H and O–H groups in total. The third kappa shape index (κ3) is 27.4. The molecule has 2 aromatic carbocycles. The fourth-order valence-electron chi connectivity index (χ4n) is 8.03. The molecule has 454 valence electrons. The number of phenolic OH excluding ortho intramolecular Hbond substituents is 1. The summed E-state index contributed by atoms with van der Waals surface area (Å²) in [5.74, 6) is -8.96. The van der Waals surface area contributed by atoms with Gasteiger partial charge in [-0.05, 0) is 93.4 Å². The molecule has 0 bridgehead atoms. The summed E-state index contributed by atoms with van der Waals surface area (Å²) >= 11 is 0. The Balaban J connectivity index is 2.40. The second-order valence-electron chi connectivity index (χ2n) is 20.2. The quantitative estimate of drug-likeness (QED) is 0.0176. The molecule has 9 atom stereocenters. The first-order chi connectivity index (χ1) is 38.7. The number of carboxylic acids is 1. The van der Waals surface area contributed by atoms with Crippen LogP contribution in [0.4, 0.5) is 0 Å². The predicted molar refractivity (Wildman–Crippen MR) is 308 cm³/mol. The summed E-state index contributed by atoms with van der Waals surface area (Å²) in [7, 11) is 0. The van der Waals surface area contributed by atoms with Crippen molar-refractivity contribution in [1.29, 1.82) is 0 Å². The molecule has 0 aliphatic heterocycles. The number of rotatable bonds is 37. The van der Waals surface area contributed by atoms with E-state index in [1.807, 2.05) is 0 Å². The van der Waals surface area contributed by atoms with E-state index in [1.165, 1.54) is 19.1 Å². The molecule has 0 radical (unpaired) electrons. The average molecular weight is 1150 g/mol. The lowest BCUT2D eigenvalue weighted by molar-refractivity contribution is -0.143. The van der Waals surface area contributed by atoms with E-state index in [9.17, 15) is 53.4 Å². The molecule has 0 spiro atoms. The van der Waals surface area contributed by atoms with Crippen LogP contribution in [0.15, 0.2) is 69.6 Å². The third-order valence-electron chi connectivity index (χ3n) is 12.7. The van der Waals surface area contributed by atoms with Gasteiger partial charge in [-0.2, -0.15) is 0 Å². The molecule has 0 fully saturated rings. The summed E-state index contributed by atoms with van der Waals surface area (Å²) in [6.07, 6.45) is 0.715. The second-order valence-corrected chi connectivity index (χ2v) is 20.2. The van der Waals surface area contributed by atoms with Gasteiger partial charge >= 0.3 is 5.97 Å². The monoisotopic (exact) mass is 1150 g/mol. The molecule has 8 amide bonds. The number of hydrogen-bond donors (Lipinski definition) is 17. The molecular formula is C53H86N18O11. The average Bonchev–Trinajstić information content (AvgIpc) is 3.44. The van der Waals surface area contributed by atoms with E-state index < -0.39 is 114 Å². The lowest BCUT2D eigenvalue weighted by Gasteiger charge is -2.29. The number of nitrogens with zero attached hydrogens (tertiary/aromatic N) is 3. The zero-order valence-electron chi connectivity index (χ0n) is 47.3. The minimum atomic E-state index is -1.39. The Morgan fingerprint density at radius 3 is 1.45 bits per heavy atom. The van der Waals surface area contributed by atoms with Crippen molar-refractivity contribution in [3.05, 3.63) is 65.7 Å². The highest BCUT2D eigenvalue weighted by atomic mass is 16.4. The number of phenols is 1. The zero-order chi connectivity index (χ0) is 61.5. The Kier molecular flexibility index (Phi) is 30.9. The zero-order valence-corrected chi connectivity index (χ0v) is 47.3. The van der Waals surface area contributed by atoms with Crippen LogP contribution in [0.25, 0.3) is 0 Å². The lowest BCUT2D eigenvalue weighted by Crippen LogP contribution is -2.60. The fourth-order valence-corrected chi connectivity index (χ4v) is 8.03. The first-order valence-electron chi connectivity index (χ1n) is 27.1. The first-order valence-corrected chi connectivity index (χ1v) is 27.1. The van der Waals surface area contributed by atoms with Gasteiger partial charge in [-0.3, -0.25) is 53.3 Å². The van der Waals surface area contributed by atoms with Crippen molar-refractivity contribution in [2.45, 2.75) is 147 Å². The smallest absolute Gasteiger partial charge is 0.326 e. The fraction of sp³-hybridized carbons (Fsp3) is 0.547. The van der Waals surface area contributed by atoms with Crippen LogP contribution in [0, 0.1) is 11.8 Å². The number of guanidine groups is 3. The van der Waals surface area contributed by atoms with Gasteiger partial charge in [0.15, 0.2) is 17.9 Å². The molecule has 2 rings (SSSR count). The highest BCUT2D eigenvalue weighted by Crippen LogP contribution is 2.14. The number of nitrogens with two attached hydrogens (primary N) is 7. The number of benzene rings is 2. The molecular weight excluding hydrogens is 1060 g/mol. The van der Waals surface area contributed by atoms with Gasteiger partial charge in [-0.25, -0.2) is 4.79 Å². The van der Waals surface area contributed by atoms with E-state index in [0.29, 0.717) is 17.5 Å². The topological polar surface area (TPSA) is 510 Å². The first kappa shape index (κ1) is 69.3. The summed E-state index contributed by atoms with van der Waals surface area (Å²) in [4.78, 5) is 134. The van der Waals surface area contributed by atoms with Crippen molar-refractivity contribution in [1.82, 2.24) is 42.5 Å². The summed E-state index contributed by atoms with van der Waals surface area (Å²) in [5, 5.41) is 40.3. The van der Waals surface area contributed by atoms with E-state index in [-0.39, 0.29) is 107 Å². The molecule has 0 aromatic heterocycles. The van der Waals surface area contributed by atoms with Crippen molar-refractivity contribution in [3.8, 4) is 5.75 Å². The number of carbonyl (C=O) groups is 9. The number of amides is 8. The summed E-state index contributed by atoms with van der Waals surface area (Å²) in [5.41, 5.74) is 40.3. The summed E-state index contributed by atoms with van der Waals surface area (Å²) in [6, 6.07) is 4.55. The standard InChI is InChI=1S/C53H86N18O11/c1-6-30(4)42(49(80)69-38(50(81)82)17-12-24-63-53(59)60)71-46(77)37(16-11-23-62-52(57)58)67-45(76)36(15-10-22-61-51(55)56)68-47(78)39(25-29(2)3)70-48(79)40(27-32-13-8-7-9-14-32)66-41(73)28-64-43(74)31(5)65-44(75)35(54)26-33-18-20-34(72)21-19-33/h7-9,13-14,18-21,29-31,35-40,42,72H,6,10-12,15-17,22-28,54H2,1-5H3,(H,64,74)(H,65,75)(H,66,73)(H,67,76)(H,68,78)(H,69,80)(H,70,79)(H,71,77)(H,81,82)(H4,55,56,61)(H4,57,58,62)(H4,59,60,63)/t30-,31+,35-,36-,37-,38-,39-,40-,42-/m0/s1. The van der Waals surface area contributed by atoms with E-state index in [2.05, 4.69) is 57.5 Å². The molecule has 0 saturated carbocycles. The number of aliphatic carboxylic acids is 1. The minimum Gasteiger partial charge on any atom is -0.508 e. The van der Waals surface area contributed by atoms with Crippen LogP contribution in [-0.2, 0) is 56.0 Å². The molecule has 29 heteroatoms. The van der Waals surface area contributed by atoms with Gasteiger partial charge in [0.05, 0.1) is 12.6 Å². The molecule has 0 saturated heterocycles. The van der Waals surface area contributed by atoms with Crippen LogP contribution in [0.2, 0.25) is 0 Å². The summed E-state index contributed by atoms with van der Waals surface area (Å²) in [6.45, 7) is 7.96. The molecule has 0 unspecified atom stereocenters. The van der Waals surface area contributed by atoms with Crippen molar-refractivity contribution >= 4 is 71.1 Å². The minimum absolute atomic E-state index is 0.0268. The Labute approximate surface area is 477 Å². The van der Waals surface area contributed by atoms with Crippen LogP contribution in [0.3, 0.4) is 0 Å². The number of carboxylic acid groups (broad SMARTS) is 1. The molecule has 0 aliphatic rings. The molecule has 29 nitrogen and oxygen atoms in total. The normalized spacial score (nSPS) is 14.2. The Morgan fingerprint density at radius 1 is 0.512 bits per heavy atom. The number of aromatic hydroxyl groups is 1. The maximum absolute atomic E-state index is 14.4. The van der Waals surface area contributed by atoms with Crippen molar-refractivity contribution in [2.75, 3.05) is 26.2 Å². The van der Waals surface area contributed by atoms with Gasteiger partial charge in [0.1, 0.15) is 48.0 Å². The summed E-state index contributed by atoms with van der Waals surface area (Å²) < 4.78 is 0. The lowest BCUT2D eigenvalue weighted by atomic mass is 9.96. The maximum Gasteiger partial charge on any atom is 0.326 e. The van der Waals surface area contributed by atoms with Gasteiger partial charge in [-0.15, -0.1) is 0 Å². The SMILES string of the molecule is CC[C@H](C)[C@H](NC(=O)[C@H](CCCN=C(N)N)NC(=O)[C@H](CCCN=C(N)N)NC(=O)[C@H](CC(C)C)NC(=O)[C@H](Cc1ccccc1)NC(=O)CNC(=O)[C@@H](C)NC(=O)[C@@H](N)Cc1ccc(O)cc1)C(=O)N[C@@H](CCCN=C(N)N)C(=O)O. The van der Waals surface area contributed by atoms with Crippen molar-refractivity contribution in [3.63, 3.8) is 0 Å². The van der Waals surface area contributed by atoms with Gasteiger partial charge in [0.25, 0.3) is 0 Å². The van der Waals surface area contributed by atoms with E-state index in [4.69, 9.17) is 40.1 Å². The van der Waals surface area contributed by atoms with Gasteiger partial charge in [0.2, 0.25) is 47.3 Å². The molecule has 0 heterocycles. The third-order valence-corrected chi connectivity index (χ3v) is 12.7.